The molecule has 2 aromatic rings. The molecule has 1 fully saturated rings. The van der Waals surface area contributed by atoms with Crippen LogP contribution in [0.25, 0.3) is 0 Å². The third-order valence-electron chi connectivity index (χ3n) is 11.7. The van der Waals surface area contributed by atoms with Crippen molar-refractivity contribution >= 4 is 41.3 Å². The monoisotopic (exact) mass is 837 g/mol. The molecule has 0 radical (unpaired) electrons. The van der Waals surface area contributed by atoms with Gasteiger partial charge >= 0.3 is 6.09 Å². The van der Waals surface area contributed by atoms with E-state index in [1.165, 1.54) is 18.9 Å². The molecule has 332 valence electrons. The van der Waals surface area contributed by atoms with Gasteiger partial charge in [-0.15, -0.1) is 0 Å². The van der Waals surface area contributed by atoms with Crippen LogP contribution in [0.1, 0.15) is 97.8 Å². The number of rotatable bonds is 21. The molecular formula is C45H68N6O9. The summed E-state index contributed by atoms with van der Waals surface area (Å²) in [5, 5.41) is 19.1. The number of aliphatic hydroxyl groups excluding tert-OH is 1. The average Bonchev–Trinajstić information content (AvgIpc) is 3.71. The summed E-state index contributed by atoms with van der Waals surface area (Å²) in [7, 11) is 4.70. The highest BCUT2D eigenvalue weighted by Crippen LogP contribution is 2.29. The Balaban J connectivity index is 1.57. The number of ether oxygens (including phenoxy) is 2. The third kappa shape index (κ3) is 13.8. The maximum absolute atomic E-state index is 13.9. The van der Waals surface area contributed by atoms with Crippen molar-refractivity contribution in [3.8, 4) is 0 Å². The first kappa shape index (κ1) is 49.3. The van der Waals surface area contributed by atoms with Crippen molar-refractivity contribution in [2.75, 3.05) is 39.6 Å². The van der Waals surface area contributed by atoms with Crippen molar-refractivity contribution < 1.29 is 43.3 Å². The van der Waals surface area contributed by atoms with Gasteiger partial charge in [0, 0.05) is 52.8 Å². The number of likely N-dealkylation sites (tertiary alicyclic amines) is 1. The molecule has 1 heterocycles. The van der Waals surface area contributed by atoms with Gasteiger partial charge in [0.25, 0.3) is 0 Å². The lowest BCUT2D eigenvalue weighted by atomic mass is 9.92. The SMILES string of the molecule is CC[C@H](C)C(CCC(=O)N1CCC[C@H]1[C@H](OC)[C@@H](C)C(=O)N[C@H](C)[C@@H](O)c1ccccc1)N(C)C(=O)CNC(=O)[C@H](C(C)C)N(C)C(=O)OCc1ccc(NC(C)=O)cc1. The standard InChI is InChI=1S/C45H68N6O9/c1-11-29(4)36(23-24-38(53)51-25-15-18-37(51)42(59-10)30(5)43(56)47-31(6)41(55)34-16-13-12-14-17-34)49(8)39(54)26-46-44(57)40(28(2)3)50(9)45(58)60-27-33-19-21-35(22-20-33)48-32(7)52/h12-14,16-17,19-22,28-31,36-37,40-42,55H,11,15,18,23-27H2,1-10H3,(H,46,57)(H,47,56)(H,48,52)/t29-,30+,31+,36?,37-,40-,41+,42+/m0/s1. The number of aliphatic hydroxyl groups is 1. The van der Waals surface area contributed by atoms with Crippen LogP contribution in [0.4, 0.5) is 10.5 Å². The van der Waals surface area contributed by atoms with E-state index in [4.69, 9.17) is 9.47 Å². The quantitative estimate of drug-likeness (QED) is 0.136. The Hall–Kier alpha value is -5.02. The van der Waals surface area contributed by atoms with E-state index >= 15 is 0 Å². The number of anilines is 1. The number of hydrogen-bond acceptors (Lipinski definition) is 9. The van der Waals surface area contributed by atoms with Crippen LogP contribution >= 0.6 is 0 Å². The predicted octanol–water partition coefficient (Wildman–Crippen LogP) is 4.89. The molecule has 60 heavy (non-hydrogen) atoms. The van der Waals surface area contributed by atoms with Gasteiger partial charge in [0.15, 0.2) is 0 Å². The van der Waals surface area contributed by atoms with Gasteiger partial charge in [-0.2, -0.15) is 0 Å². The second-order valence-corrected chi connectivity index (χ2v) is 16.4. The molecule has 0 spiro atoms. The number of benzene rings is 2. The van der Waals surface area contributed by atoms with Crippen molar-refractivity contribution in [3.05, 3.63) is 65.7 Å². The Morgan fingerprint density at radius 3 is 2.15 bits per heavy atom. The van der Waals surface area contributed by atoms with Gasteiger partial charge < -0.3 is 40.3 Å². The molecule has 0 bridgehead atoms. The Kier molecular flexibility index (Phi) is 19.5. The van der Waals surface area contributed by atoms with Crippen molar-refractivity contribution in [1.29, 1.82) is 0 Å². The summed E-state index contributed by atoms with van der Waals surface area (Å²) in [6.07, 6.45) is 0.609. The number of nitrogens with zero attached hydrogens (tertiary/aromatic N) is 3. The van der Waals surface area contributed by atoms with Crippen LogP contribution < -0.4 is 16.0 Å². The molecule has 1 aliphatic rings. The molecule has 0 aliphatic carbocycles. The van der Waals surface area contributed by atoms with E-state index < -0.39 is 42.2 Å². The van der Waals surface area contributed by atoms with E-state index in [2.05, 4.69) is 16.0 Å². The molecule has 2 aromatic carbocycles. The molecule has 0 saturated carbocycles. The average molecular weight is 837 g/mol. The fraction of sp³-hybridized carbons (Fsp3) is 0.600. The van der Waals surface area contributed by atoms with Gasteiger partial charge in [-0.25, -0.2) is 4.79 Å². The molecule has 6 amide bonds. The number of amides is 6. The zero-order valence-electron chi connectivity index (χ0n) is 37.1. The fourth-order valence-corrected chi connectivity index (χ4v) is 7.96. The van der Waals surface area contributed by atoms with Crippen LogP contribution in [0, 0.1) is 17.8 Å². The summed E-state index contributed by atoms with van der Waals surface area (Å²) >= 11 is 0. The van der Waals surface area contributed by atoms with Gasteiger partial charge in [-0.3, -0.25) is 28.9 Å². The summed E-state index contributed by atoms with van der Waals surface area (Å²) in [5.74, 6) is -2.25. The Labute approximate surface area is 355 Å². The summed E-state index contributed by atoms with van der Waals surface area (Å²) in [4.78, 5) is 83.3. The molecule has 0 aromatic heterocycles. The lowest BCUT2D eigenvalue weighted by molar-refractivity contribution is -0.141. The number of carbonyl (C=O) groups is 6. The number of methoxy groups -OCH3 is 1. The predicted molar refractivity (Wildman–Crippen MR) is 229 cm³/mol. The largest absolute Gasteiger partial charge is 0.445 e. The Bertz CT molecular complexity index is 1730. The van der Waals surface area contributed by atoms with E-state index in [0.717, 1.165) is 12.8 Å². The highest BCUT2D eigenvalue weighted by atomic mass is 16.6. The normalized spacial score (nSPS) is 17.3. The molecule has 3 rings (SSSR count). The summed E-state index contributed by atoms with van der Waals surface area (Å²) in [6.45, 7) is 12.8. The van der Waals surface area contributed by atoms with Crippen molar-refractivity contribution in [3.63, 3.8) is 0 Å². The first-order valence-electron chi connectivity index (χ1n) is 21.1. The van der Waals surface area contributed by atoms with Gasteiger partial charge in [0.05, 0.1) is 36.8 Å². The highest BCUT2D eigenvalue weighted by Gasteiger charge is 2.40. The Morgan fingerprint density at radius 2 is 1.57 bits per heavy atom. The maximum Gasteiger partial charge on any atom is 0.410 e. The number of hydrogen-bond donors (Lipinski definition) is 4. The van der Waals surface area contributed by atoms with Crippen LogP contribution in [0.3, 0.4) is 0 Å². The number of nitrogens with one attached hydrogen (secondary N) is 3. The molecular weight excluding hydrogens is 769 g/mol. The van der Waals surface area contributed by atoms with Gasteiger partial charge in [0.2, 0.25) is 29.5 Å². The van der Waals surface area contributed by atoms with E-state index in [0.29, 0.717) is 36.2 Å². The lowest BCUT2D eigenvalue weighted by Gasteiger charge is -2.36. The summed E-state index contributed by atoms with van der Waals surface area (Å²) < 4.78 is 11.4. The van der Waals surface area contributed by atoms with E-state index in [-0.39, 0.29) is 67.1 Å². The van der Waals surface area contributed by atoms with E-state index in [1.807, 2.05) is 32.0 Å². The zero-order chi connectivity index (χ0) is 44.7. The highest BCUT2D eigenvalue weighted by molar-refractivity contribution is 5.90. The molecule has 1 unspecified atom stereocenters. The first-order valence-corrected chi connectivity index (χ1v) is 21.1. The minimum Gasteiger partial charge on any atom is -0.445 e. The smallest absolute Gasteiger partial charge is 0.410 e. The molecule has 1 saturated heterocycles. The lowest BCUT2D eigenvalue weighted by Crippen LogP contribution is -2.53. The van der Waals surface area contributed by atoms with Gasteiger partial charge in [0.1, 0.15) is 12.6 Å². The van der Waals surface area contributed by atoms with Crippen LogP contribution in [0.2, 0.25) is 0 Å². The van der Waals surface area contributed by atoms with E-state index in [1.54, 1.807) is 88.1 Å². The van der Waals surface area contributed by atoms with Crippen LogP contribution in [0.5, 0.6) is 0 Å². The first-order chi connectivity index (χ1) is 28.4. The Morgan fingerprint density at radius 1 is 0.917 bits per heavy atom. The van der Waals surface area contributed by atoms with E-state index in [9.17, 15) is 33.9 Å². The van der Waals surface area contributed by atoms with Gasteiger partial charge in [-0.1, -0.05) is 83.5 Å². The second kappa shape index (κ2) is 23.7. The number of likely N-dealkylation sites (N-methyl/N-ethyl adjacent to an activating group) is 2. The second-order valence-electron chi connectivity index (χ2n) is 16.4. The van der Waals surface area contributed by atoms with Crippen molar-refractivity contribution in [1.82, 2.24) is 25.3 Å². The fourth-order valence-electron chi connectivity index (χ4n) is 7.96. The van der Waals surface area contributed by atoms with Crippen molar-refractivity contribution in [2.45, 2.75) is 124 Å². The van der Waals surface area contributed by atoms with Gasteiger partial charge in [-0.05, 0) is 61.3 Å². The molecule has 15 nitrogen and oxygen atoms in total. The summed E-state index contributed by atoms with van der Waals surface area (Å²) in [5.41, 5.74) is 2.01. The molecule has 1 aliphatic heterocycles. The van der Waals surface area contributed by atoms with Crippen molar-refractivity contribution in [2.24, 2.45) is 17.8 Å². The third-order valence-corrected chi connectivity index (χ3v) is 11.7. The maximum atomic E-state index is 13.9. The van der Waals surface area contributed by atoms with Crippen LogP contribution in [-0.4, -0.2) is 120 Å². The molecule has 4 N–H and O–H groups in total. The zero-order valence-corrected chi connectivity index (χ0v) is 37.1. The van der Waals surface area contributed by atoms with Crippen LogP contribution in [0.15, 0.2) is 54.6 Å². The number of carbonyl (C=O) groups excluding carboxylic acids is 6. The molecule has 8 atom stereocenters. The summed E-state index contributed by atoms with van der Waals surface area (Å²) in [6, 6.07) is 13.9. The molecule has 15 heteroatoms. The minimum atomic E-state index is -0.914. The topological polar surface area (TPSA) is 187 Å². The minimum absolute atomic E-state index is 0.0406. The van der Waals surface area contributed by atoms with Crippen LogP contribution in [-0.2, 0) is 40.1 Å².